The van der Waals surface area contributed by atoms with Gasteiger partial charge in [0.2, 0.25) is 5.75 Å². The first-order chi connectivity index (χ1) is 34.2. The fraction of sp³-hybridized carbons (Fsp3) is 0.283. The van der Waals surface area contributed by atoms with Gasteiger partial charge in [-0.25, -0.2) is 28.4 Å². The number of carbonyl (C=O) groups excluding carboxylic acids is 3. The van der Waals surface area contributed by atoms with Gasteiger partial charge in [-0.05, 0) is 67.8 Å². The molecule has 71 heavy (non-hydrogen) atoms. The number of H-pyrrole nitrogens is 1. The smallest absolute Gasteiger partial charge is 0.329 e. The number of aromatic amines is 1. The van der Waals surface area contributed by atoms with Gasteiger partial charge < -0.3 is 38.7 Å². The second-order valence-electron chi connectivity index (χ2n) is 17.4. The van der Waals surface area contributed by atoms with Crippen molar-refractivity contribution in [2.45, 2.75) is 46.4 Å². The van der Waals surface area contributed by atoms with Gasteiger partial charge in [0.1, 0.15) is 52.3 Å². The molecular formula is C53H55F2N9O7. The van der Waals surface area contributed by atoms with Crippen LogP contribution in [0, 0.1) is 24.5 Å². The molecule has 2 atom stereocenters. The highest BCUT2D eigenvalue weighted by atomic mass is 19.1. The number of aromatic nitrogens is 4. The number of urea groups is 1. The molecule has 6 aromatic rings. The lowest BCUT2D eigenvalue weighted by Gasteiger charge is -2.47. The number of rotatable bonds is 12. The van der Waals surface area contributed by atoms with E-state index in [1.165, 1.54) is 35.2 Å². The second-order valence-corrected chi connectivity index (χ2v) is 17.4. The molecule has 18 heteroatoms. The van der Waals surface area contributed by atoms with Crippen molar-refractivity contribution in [3.05, 3.63) is 138 Å². The Balaban J connectivity index is 0.000000453. The van der Waals surface area contributed by atoms with E-state index in [0.29, 0.717) is 52.8 Å². The number of nitrogens with one attached hydrogen (secondary N) is 2. The third kappa shape index (κ3) is 9.25. The van der Waals surface area contributed by atoms with Crippen molar-refractivity contribution in [2.75, 3.05) is 52.9 Å². The van der Waals surface area contributed by atoms with E-state index < -0.39 is 23.8 Å². The summed E-state index contributed by atoms with van der Waals surface area (Å²) in [5.74, 6) is 0.684. The number of allylic oxidation sites excluding steroid dienone is 2. The SMILES string of the molecule is C=C/C1=C(\C(=NC)C(C)C)N2C(=O)NC(N3CCN(C(=O)C(=C)Cn4cc(C=O)nc4-c4c[nH]c5ccccc45)C[C@@H]3C)c3cc(F)c(nc32)-c2c(F)cccc2O1.COc1cc(C)cc(OC)c1OC. The van der Waals surface area contributed by atoms with Gasteiger partial charge in [0.25, 0.3) is 5.91 Å². The Bertz CT molecular complexity index is 3130. The lowest BCUT2D eigenvalue weighted by molar-refractivity contribution is -0.130. The Morgan fingerprint density at radius 3 is 2.39 bits per heavy atom. The predicted octanol–water partition coefficient (Wildman–Crippen LogP) is 9.04. The van der Waals surface area contributed by atoms with Crippen molar-refractivity contribution in [3.63, 3.8) is 0 Å². The molecule has 368 valence electrons. The lowest BCUT2D eigenvalue weighted by Crippen LogP contribution is -2.60. The molecule has 0 radical (unpaired) electrons. The lowest BCUT2D eigenvalue weighted by atomic mass is 9.99. The molecule has 3 aromatic heterocycles. The number of halogens is 2. The van der Waals surface area contributed by atoms with Crippen molar-refractivity contribution in [1.29, 1.82) is 0 Å². The molecule has 3 aliphatic rings. The van der Waals surface area contributed by atoms with Gasteiger partial charge in [0.15, 0.2) is 23.5 Å². The summed E-state index contributed by atoms with van der Waals surface area (Å²) in [4.78, 5) is 62.1. The van der Waals surface area contributed by atoms with Crippen LogP contribution in [0.1, 0.15) is 48.6 Å². The van der Waals surface area contributed by atoms with Crippen molar-refractivity contribution in [3.8, 4) is 45.6 Å². The maximum atomic E-state index is 16.3. The number of imidazole rings is 1. The Morgan fingerprint density at radius 1 is 1.01 bits per heavy atom. The first-order valence-electron chi connectivity index (χ1n) is 22.9. The summed E-state index contributed by atoms with van der Waals surface area (Å²) in [6, 6.07) is 16.0. The van der Waals surface area contributed by atoms with Gasteiger partial charge in [-0.15, -0.1) is 0 Å². The number of nitrogens with zero attached hydrogens (tertiary/aromatic N) is 7. The van der Waals surface area contributed by atoms with Crippen molar-refractivity contribution < 1.29 is 42.1 Å². The van der Waals surface area contributed by atoms with E-state index in [-0.39, 0.29) is 77.5 Å². The molecule has 1 fully saturated rings. The fourth-order valence-corrected chi connectivity index (χ4v) is 9.32. The number of benzene rings is 3. The Hall–Kier alpha value is -8.12. The maximum Gasteiger partial charge on any atom is 0.329 e. The summed E-state index contributed by atoms with van der Waals surface area (Å²) >= 11 is 0. The third-order valence-corrected chi connectivity index (χ3v) is 12.6. The van der Waals surface area contributed by atoms with E-state index in [1.54, 1.807) is 44.0 Å². The number of ether oxygens (including phenoxy) is 4. The highest BCUT2D eigenvalue weighted by molar-refractivity contribution is 6.13. The van der Waals surface area contributed by atoms with E-state index in [1.807, 2.05) is 75.2 Å². The number of hydrogen-bond donors (Lipinski definition) is 2. The Kier molecular flexibility index (Phi) is 14.2. The van der Waals surface area contributed by atoms with E-state index >= 15 is 8.78 Å². The van der Waals surface area contributed by atoms with Crippen molar-refractivity contribution in [2.24, 2.45) is 10.9 Å². The van der Waals surface area contributed by atoms with Crippen LogP contribution in [-0.2, 0) is 11.3 Å². The van der Waals surface area contributed by atoms with Crippen LogP contribution in [0.5, 0.6) is 23.0 Å². The van der Waals surface area contributed by atoms with E-state index in [0.717, 1.165) is 22.0 Å². The maximum absolute atomic E-state index is 16.3. The minimum atomic E-state index is -0.868. The zero-order valence-corrected chi connectivity index (χ0v) is 40.8. The summed E-state index contributed by atoms with van der Waals surface area (Å²) < 4.78 is 55.4. The first-order valence-corrected chi connectivity index (χ1v) is 22.9. The largest absolute Gasteiger partial charge is 0.493 e. The van der Waals surface area contributed by atoms with E-state index in [2.05, 4.69) is 38.4 Å². The molecule has 0 saturated carbocycles. The molecule has 0 spiro atoms. The number of pyridine rings is 1. The molecule has 1 saturated heterocycles. The van der Waals surface area contributed by atoms with Crippen LogP contribution in [0.2, 0.25) is 0 Å². The minimum Gasteiger partial charge on any atom is -0.493 e. The number of carbonyl (C=O) groups is 3. The van der Waals surface area contributed by atoms with Gasteiger partial charge >= 0.3 is 6.03 Å². The number of aryl methyl sites for hydroxylation is 1. The fourth-order valence-electron chi connectivity index (χ4n) is 9.32. The molecule has 2 N–H and O–H groups in total. The van der Waals surface area contributed by atoms with Crippen LogP contribution in [-0.4, -0.2) is 107 Å². The molecule has 6 heterocycles. The molecule has 0 aliphatic carbocycles. The van der Waals surface area contributed by atoms with E-state index in [9.17, 15) is 14.4 Å². The van der Waals surface area contributed by atoms with Crippen LogP contribution < -0.4 is 29.2 Å². The highest BCUT2D eigenvalue weighted by Crippen LogP contribution is 2.44. The third-order valence-electron chi connectivity index (χ3n) is 12.6. The number of fused-ring (bicyclic) bond motifs is 4. The molecule has 9 rings (SSSR count). The quantitative estimate of drug-likeness (QED) is 0.0686. The normalized spacial score (nSPS) is 17.7. The number of para-hydroxylation sites is 1. The Labute approximate surface area is 409 Å². The number of methoxy groups -OCH3 is 3. The Morgan fingerprint density at radius 2 is 1.75 bits per heavy atom. The van der Waals surface area contributed by atoms with Gasteiger partial charge in [-0.2, -0.15) is 0 Å². The number of aliphatic imine (C=N–C) groups is 1. The summed E-state index contributed by atoms with van der Waals surface area (Å²) in [5, 5.41) is 3.98. The molecule has 1 unspecified atom stereocenters. The van der Waals surface area contributed by atoms with Crippen LogP contribution >= 0.6 is 0 Å². The average molecular weight is 968 g/mol. The molecule has 2 bridgehead atoms. The topological polar surface area (TPSA) is 169 Å². The summed E-state index contributed by atoms with van der Waals surface area (Å²) in [5.41, 5.74) is 3.82. The minimum absolute atomic E-state index is 0.00262. The predicted molar refractivity (Wildman–Crippen MR) is 267 cm³/mol. The summed E-state index contributed by atoms with van der Waals surface area (Å²) in [6.07, 6.45) is 4.63. The molecule has 16 nitrogen and oxygen atoms in total. The zero-order valence-electron chi connectivity index (χ0n) is 40.8. The van der Waals surface area contributed by atoms with Crippen LogP contribution in [0.3, 0.4) is 0 Å². The van der Waals surface area contributed by atoms with E-state index in [4.69, 9.17) is 18.9 Å². The average Bonchev–Trinajstić information content (AvgIpc) is 3.99. The second kappa shape index (κ2) is 20.5. The van der Waals surface area contributed by atoms with Gasteiger partial charge in [-0.3, -0.25) is 19.5 Å². The number of aldehydes is 1. The molecular weight excluding hydrogens is 913 g/mol. The number of hydrogen-bond acceptors (Lipinski definition) is 11. The molecule has 3 aromatic carbocycles. The highest BCUT2D eigenvalue weighted by Gasteiger charge is 2.44. The first kappa shape index (κ1) is 49.3. The summed E-state index contributed by atoms with van der Waals surface area (Å²) in [7, 11) is 6.40. The molecule has 3 amide bonds. The monoisotopic (exact) mass is 967 g/mol. The standard InChI is InChI=1S/C43H41F2N9O4.C10H14O3/c1-7-33-38(36(46-6)23(2)3)54-41-28(17-31(45)37(49-41)35-30(44)12-10-14-34(35)58-33)40(50-43(54)57)53-16-15-51(20-25(53)5)42(56)24(4)19-52-21-26(22-55)48-39(52)29-18-47-32-13-9-8-11-27(29)32;1-7-5-8(11-2)10(13-4)9(6-7)12-3/h7-14,17-18,21-23,25,40,47H,1,4,15-16,19-20H2,2-3,5-6H3,(H,50,57);5-6H,1-4H3/b38-33-,46-36?;/t25-,40?;/m0./s1. The van der Waals surface area contributed by atoms with Crippen molar-refractivity contribution in [1.82, 2.24) is 34.6 Å². The number of amides is 3. The molecule has 3 aliphatic heterocycles. The van der Waals surface area contributed by atoms with Gasteiger partial charge in [-0.1, -0.05) is 51.3 Å². The van der Waals surface area contributed by atoms with Crippen LogP contribution in [0.15, 0.2) is 114 Å². The number of anilines is 1. The summed E-state index contributed by atoms with van der Waals surface area (Å²) in [6.45, 7) is 16.7. The van der Waals surface area contributed by atoms with Crippen molar-refractivity contribution >= 4 is 40.7 Å². The van der Waals surface area contributed by atoms with Gasteiger partial charge in [0.05, 0.1) is 39.1 Å². The van der Waals surface area contributed by atoms with Crippen LogP contribution in [0.4, 0.5) is 19.4 Å². The van der Waals surface area contributed by atoms with Crippen LogP contribution in [0.25, 0.3) is 33.5 Å². The van der Waals surface area contributed by atoms with Gasteiger partial charge in [0, 0.05) is 72.7 Å². The zero-order chi connectivity index (χ0) is 50.8. The number of piperazine rings is 1.